The van der Waals surface area contributed by atoms with Gasteiger partial charge in [0.2, 0.25) is 0 Å². The lowest BCUT2D eigenvalue weighted by atomic mass is 10.0. The molecule has 0 amide bonds. The Morgan fingerprint density at radius 2 is 2.43 bits per heavy atom. The van der Waals surface area contributed by atoms with Crippen LogP contribution in [0.4, 0.5) is 0 Å². The summed E-state index contributed by atoms with van der Waals surface area (Å²) >= 11 is 0. The number of aliphatic hydroxyl groups is 3. The van der Waals surface area contributed by atoms with Gasteiger partial charge < -0.3 is 24.8 Å². The van der Waals surface area contributed by atoms with Gasteiger partial charge in [0.15, 0.2) is 12.0 Å². The molecule has 1 fully saturated rings. The first-order valence-corrected chi connectivity index (χ1v) is 4.20. The number of Topliss-reactive ketones (excluding diaryl/α,β-unsaturated/α-hetero) is 1. The van der Waals surface area contributed by atoms with E-state index in [9.17, 15) is 9.90 Å². The van der Waals surface area contributed by atoms with E-state index in [-0.39, 0.29) is 6.61 Å². The second-order valence-electron chi connectivity index (χ2n) is 3.01. The Kier molecular flexibility index (Phi) is 3.44. The first kappa shape index (κ1) is 10.0. The van der Waals surface area contributed by atoms with Gasteiger partial charge in [-0.05, 0) is 6.92 Å². The molecular formula is C8H14O6. The van der Waals surface area contributed by atoms with Crippen LogP contribution in [0.1, 0.15) is 8.29 Å². The number of rotatable bonds is 3. The number of carbonyl (C=O) groups excluding carboxylic acids is 1. The summed E-state index contributed by atoms with van der Waals surface area (Å²) in [5, 5.41) is 27.0. The van der Waals surface area contributed by atoms with Gasteiger partial charge in [0.1, 0.15) is 18.3 Å². The molecule has 0 saturated carbocycles. The van der Waals surface area contributed by atoms with Crippen LogP contribution in [0.5, 0.6) is 0 Å². The van der Waals surface area contributed by atoms with Gasteiger partial charge in [-0.25, -0.2) is 0 Å². The topological polar surface area (TPSA) is 96.2 Å². The summed E-state index contributed by atoms with van der Waals surface area (Å²) in [6.07, 6.45) is -5.92. The minimum Gasteiger partial charge on any atom is -0.393 e. The van der Waals surface area contributed by atoms with Crippen molar-refractivity contribution in [3.63, 3.8) is 0 Å². The third-order valence-electron chi connectivity index (χ3n) is 1.88. The SMILES string of the molecule is [2H]C1(C)OC[C@H](O)[C@@H](C(=O)[C@H](O)CO)O1. The molecule has 14 heavy (non-hydrogen) atoms. The van der Waals surface area contributed by atoms with Crippen molar-refractivity contribution in [2.75, 3.05) is 13.2 Å². The Hall–Kier alpha value is -0.530. The molecular weight excluding hydrogens is 192 g/mol. The number of hydrogen-bond donors (Lipinski definition) is 3. The molecule has 1 aliphatic heterocycles. The van der Waals surface area contributed by atoms with Gasteiger partial charge in [0, 0.05) is 0 Å². The van der Waals surface area contributed by atoms with Gasteiger partial charge in [0.05, 0.1) is 14.6 Å². The third-order valence-corrected chi connectivity index (χ3v) is 1.88. The van der Waals surface area contributed by atoms with Crippen molar-refractivity contribution in [2.24, 2.45) is 0 Å². The minimum atomic E-state index is -1.73. The highest BCUT2D eigenvalue weighted by Crippen LogP contribution is 2.14. The quantitative estimate of drug-likeness (QED) is 0.497. The van der Waals surface area contributed by atoms with Gasteiger partial charge in [-0.1, -0.05) is 0 Å². The van der Waals surface area contributed by atoms with Gasteiger partial charge in [-0.15, -0.1) is 0 Å². The molecule has 0 spiro atoms. The summed E-state index contributed by atoms with van der Waals surface area (Å²) in [6, 6.07) is 0. The largest absolute Gasteiger partial charge is 0.393 e. The van der Waals surface area contributed by atoms with Crippen LogP contribution in [-0.4, -0.2) is 58.9 Å². The highest BCUT2D eigenvalue weighted by atomic mass is 16.7. The average molecular weight is 207 g/mol. The van der Waals surface area contributed by atoms with Crippen molar-refractivity contribution < 1.29 is 31.0 Å². The van der Waals surface area contributed by atoms with E-state index in [0.717, 1.165) is 0 Å². The molecule has 0 aliphatic carbocycles. The summed E-state index contributed by atoms with van der Waals surface area (Å²) < 4.78 is 17.0. The molecule has 3 N–H and O–H groups in total. The Labute approximate surface area is 82.5 Å². The van der Waals surface area contributed by atoms with E-state index in [1.165, 1.54) is 6.92 Å². The smallest absolute Gasteiger partial charge is 0.195 e. The van der Waals surface area contributed by atoms with Crippen LogP contribution in [0.25, 0.3) is 0 Å². The maximum absolute atomic E-state index is 11.4. The van der Waals surface area contributed by atoms with Crippen molar-refractivity contribution in [3.8, 4) is 0 Å². The van der Waals surface area contributed by atoms with Crippen LogP contribution in [0.2, 0.25) is 0 Å². The Morgan fingerprint density at radius 3 is 3.00 bits per heavy atom. The van der Waals surface area contributed by atoms with E-state index < -0.39 is 37.0 Å². The second kappa shape index (κ2) is 4.81. The molecule has 0 bridgehead atoms. The standard InChI is InChI=1S/C8H14O6/c1-4-13-3-6(11)8(14-4)7(12)5(10)2-9/h4-6,8-11H,2-3H2,1H3/t4?,5-,6+,8+/m1/s1/i4D. The zero-order valence-corrected chi connectivity index (χ0v) is 7.71. The Bertz CT molecular complexity index is 243. The molecule has 0 aromatic rings. The molecule has 4 atom stereocenters. The van der Waals surface area contributed by atoms with Gasteiger partial charge in [-0.3, -0.25) is 4.79 Å². The average Bonchev–Trinajstić information content (AvgIpc) is 2.19. The summed E-state index contributed by atoms with van der Waals surface area (Å²) in [5.41, 5.74) is 0. The minimum absolute atomic E-state index is 0.228. The van der Waals surface area contributed by atoms with Crippen LogP contribution in [-0.2, 0) is 14.3 Å². The maximum Gasteiger partial charge on any atom is 0.195 e. The highest BCUT2D eigenvalue weighted by Gasteiger charge is 2.36. The molecule has 1 rings (SSSR count). The lowest BCUT2D eigenvalue weighted by Gasteiger charge is -2.31. The fourth-order valence-corrected chi connectivity index (χ4v) is 1.11. The fraction of sp³-hybridized carbons (Fsp3) is 0.875. The molecule has 1 unspecified atom stereocenters. The second-order valence-corrected chi connectivity index (χ2v) is 3.01. The van der Waals surface area contributed by atoms with E-state index in [2.05, 4.69) is 0 Å². The molecule has 1 saturated heterocycles. The molecule has 0 radical (unpaired) electrons. The van der Waals surface area contributed by atoms with Gasteiger partial charge >= 0.3 is 0 Å². The number of carbonyl (C=O) groups is 1. The predicted octanol–water partition coefficient (Wildman–Crippen LogP) is -1.97. The molecule has 6 nitrogen and oxygen atoms in total. The number of ketones is 1. The van der Waals surface area contributed by atoms with E-state index >= 15 is 0 Å². The third kappa shape index (κ3) is 2.49. The summed E-state index contributed by atoms with van der Waals surface area (Å²) in [6.45, 7) is 0.292. The van der Waals surface area contributed by atoms with Crippen molar-refractivity contribution in [1.82, 2.24) is 0 Å². The van der Waals surface area contributed by atoms with E-state index in [0.29, 0.717) is 0 Å². The molecule has 0 aromatic heterocycles. The molecule has 1 heterocycles. The van der Waals surface area contributed by atoms with E-state index in [1.54, 1.807) is 0 Å². The van der Waals surface area contributed by atoms with E-state index in [4.69, 9.17) is 21.1 Å². The molecule has 82 valence electrons. The zero-order valence-electron chi connectivity index (χ0n) is 8.71. The van der Waals surface area contributed by atoms with E-state index in [1.807, 2.05) is 0 Å². The van der Waals surface area contributed by atoms with Crippen LogP contribution in [0.15, 0.2) is 0 Å². The van der Waals surface area contributed by atoms with Crippen LogP contribution >= 0.6 is 0 Å². The Balaban J connectivity index is 2.70. The summed E-state index contributed by atoms with van der Waals surface area (Å²) in [4.78, 5) is 11.4. The first-order valence-electron chi connectivity index (χ1n) is 4.70. The molecule has 1 aliphatic rings. The molecule has 0 aromatic carbocycles. The number of aliphatic hydroxyl groups excluding tert-OH is 3. The predicted molar refractivity (Wildman–Crippen MR) is 44.4 cm³/mol. The van der Waals surface area contributed by atoms with Gasteiger partial charge in [0.25, 0.3) is 0 Å². The van der Waals surface area contributed by atoms with Crippen molar-refractivity contribution in [3.05, 3.63) is 0 Å². The summed E-state index contributed by atoms with van der Waals surface area (Å²) in [7, 11) is 0. The van der Waals surface area contributed by atoms with Crippen molar-refractivity contribution in [2.45, 2.75) is 31.5 Å². The van der Waals surface area contributed by atoms with Crippen LogP contribution < -0.4 is 0 Å². The van der Waals surface area contributed by atoms with Gasteiger partial charge in [-0.2, -0.15) is 0 Å². The summed E-state index contributed by atoms with van der Waals surface area (Å²) in [5.74, 6) is -0.855. The highest BCUT2D eigenvalue weighted by molar-refractivity contribution is 5.87. The normalized spacial score (nSPS) is 41.6. The number of hydrogen-bond acceptors (Lipinski definition) is 6. The van der Waals surface area contributed by atoms with Crippen molar-refractivity contribution in [1.29, 1.82) is 0 Å². The monoisotopic (exact) mass is 207 g/mol. The van der Waals surface area contributed by atoms with Crippen LogP contribution in [0.3, 0.4) is 0 Å². The lowest BCUT2D eigenvalue weighted by Crippen LogP contribution is -2.51. The maximum atomic E-state index is 11.4. The zero-order chi connectivity index (χ0) is 11.6. The lowest BCUT2D eigenvalue weighted by molar-refractivity contribution is -0.241. The number of ether oxygens (including phenoxy) is 2. The first-order chi connectivity index (χ1) is 6.87. The fourth-order valence-electron chi connectivity index (χ4n) is 1.11. The van der Waals surface area contributed by atoms with Crippen LogP contribution in [0, 0.1) is 0 Å². The molecule has 6 heteroatoms. The Morgan fingerprint density at radius 1 is 1.79 bits per heavy atom. The van der Waals surface area contributed by atoms with Crippen molar-refractivity contribution >= 4 is 5.78 Å².